The largest absolute Gasteiger partial charge is 0.326 e. The molecule has 0 radical (unpaired) electrons. The van der Waals surface area contributed by atoms with E-state index >= 15 is 0 Å². The predicted octanol–water partition coefficient (Wildman–Crippen LogP) is 4.19. The Morgan fingerprint density at radius 3 is 2.86 bits per heavy atom. The first kappa shape index (κ1) is 17.4. The lowest BCUT2D eigenvalue weighted by atomic mass is 10.0. The molecule has 1 aliphatic carbocycles. The normalized spacial score (nSPS) is 15.7. The SMILES string of the molecule is CNCCCC(=O)Nc1cccc(CSC2CCCCC2)c1. The zero-order valence-electron chi connectivity index (χ0n) is 13.6. The van der Waals surface area contributed by atoms with Gasteiger partial charge >= 0.3 is 0 Å². The lowest BCUT2D eigenvalue weighted by molar-refractivity contribution is -0.116. The monoisotopic (exact) mass is 320 g/mol. The summed E-state index contributed by atoms with van der Waals surface area (Å²) in [6.07, 6.45) is 8.37. The number of carbonyl (C=O) groups is 1. The van der Waals surface area contributed by atoms with Gasteiger partial charge in [0.2, 0.25) is 5.91 Å². The van der Waals surface area contributed by atoms with E-state index in [1.54, 1.807) is 0 Å². The first-order valence-electron chi connectivity index (χ1n) is 8.43. The van der Waals surface area contributed by atoms with Crippen LogP contribution in [-0.4, -0.2) is 24.7 Å². The molecule has 0 bridgehead atoms. The fourth-order valence-corrected chi connectivity index (χ4v) is 4.11. The summed E-state index contributed by atoms with van der Waals surface area (Å²) in [6.45, 7) is 0.880. The summed E-state index contributed by atoms with van der Waals surface area (Å²) in [6, 6.07) is 8.29. The second-order valence-electron chi connectivity index (χ2n) is 6.03. The Bertz CT molecular complexity index is 458. The van der Waals surface area contributed by atoms with E-state index in [9.17, 15) is 4.79 Å². The van der Waals surface area contributed by atoms with Crippen molar-refractivity contribution in [1.82, 2.24) is 5.32 Å². The number of hydrogen-bond donors (Lipinski definition) is 2. The first-order chi connectivity index (χ1) is 10.8. The summed E-state index contributed by atoms with van der Waals surface area (Å²) in [5.41, 5.74) is 2.24. The zero-order valence-corrected chi connectivity index (χ0v) is 14.4. The van der Waals surface area contributed by atoms with E-state index in [-0.39, 0.29) is 5.91 Å². The van der Waals surface area contributed by atoms with Crippen molar-refractivity contribution in [3.63, 3.8) is 0 Å². The third-order valence-corrected chi connectivity index (χ3v) is 5.52. The third kappa shape index (κ3) is 6.41. The molecule has 1 aromatic carbocycles. The summed E-state index contributed by atoms with van der Waals surface area (Å²) >= 11 is 2.07. The van der Waals surface area contributed by atoms with E-state index in [2.05, 4.69) is 34.5 Å². The van der Waals surface area contributed by atoms with E-state index < -0.39 is 0 Å². The lowest BCUT2D eigenvalue weighted by Crippen LogP contribution is -2.15. The number of amides is 1. The molecule has 0 unspecified atom stereocenters. The highest BCUT2D eigenvalue weighted by Crippen LogP contribution is 2.30. The maximum Gasteiger partial charge on any atom is 0.224 e. The van der Waals surface area contributed by atoms with Gasteiger partial charge in [-0.25, -0.2) is 0 Å². The molecule has 2 rings (SSSR count). The van der Waals surface area contributed by atoms with Gasteiger partial charge in [0.25, 0.3) is 0 Å². The van der Waals surface area contributed by atoms with Gasteiger partial charge in [-0.2, -0.15) is 11.8 Å². The van der Waals surface area contributed by atoms with Crippen molar-refractivity contribution in [2.45, 2.75) is 55.9 Å². The summed E-state index contributed by atoms with van der Waals surface area (Å²) < 4.78 is 0. The van der Waals surface area contributed by atoms with E-state index in [1.807, 2.05) is 19.2 Å². The number of benzene rings is 1. The van der Waals surface area contributed by atoms with Gasteiger partial charge in [-0.05, 0) is 50.6 Å². The van der Waals surface area contributed by atoms with Crippen molar-refractivity contribution < 1.29 is 4.79 Å². The molecule has 2 N–H and O–H groups in total. The van der Waals surface area contributed by atoms with Crippen molar-refractivity contribution in [3.8, 4) is 0 Å². The van der Waals surface area contributed by atoms with Crippen LogP contribution in [0.1, 0.15) is 50.5 Å². The van der Waals surface area contributed by atoms with Crippen LogP contribution in [0.25, 0.3) is 0 Å². The van der Waals surface area contributed by atoms with Crippen molar-refractivity contribution in [2.75, 3.05) is 18.9 Å². The van der Waals surface area contributed by atoms with Gasteiger partial charge in [0, 0.05) is 23.1 Å². The molecule has 1 aliphatic rings. The average molecular weight is 321 g/mol. The first-order valence-corrected chi connectivity index (χ1v) is 9.48. The number of thioether (sulfide) groups is 1. The molecule has 0 heterocycles. The molecule has 0 saturated heterocycles. The lowest BCUT2D eigenvalue weighted by Gasteiger charge is -2.21. The van der Waals surface area contributed by atoms with Crippen molar-refractivity contribution >= 4 is 23.4 Å². The standard InChI is InChI=1S/C18H28N2OS/c1-19-12-6-11-18(21)20-16-8-5-7-15(13-16)14-22-17-9-3-2-4-10-17/h5,7-8,13,17,19H,2-4,6,9-12,14H2,1H3,(H,20,21). The molecular formula is C18H28N2OS. The number of hydrogen-bond acceptors (Lipinski definition) is 3. The molecular weight excluding hydrogens is 292 g/mol. The number of nitrogens with one attached hydrogen (secondary N) is 2. The van der Waals surface area contributed by atoms with Gasteiger partial charge in [0.15, 0.2) is 0 Å². The van der Waals surface area contributed by atoms with Crippen LogP contribution in [0.15, 0.2) is 24.3 Å². The molecule has 0 spiro atoms. The molecule has 1 aromatic rings. The maximum absolute atomic E-state index is 11.9. The highest BCUT2D eigenvalue weighted by atomic mass is 32.2. The predicted molar refractivity (Wildman–Crippen MR) is 96.4 cm³/mol. The molecule has 1 amide bonds. The Kier molecular flexibility index (Phi) is 7.81. The Labute approximate surface area is 138 Å². The fourth-order valence-electron chi connectivity index (χ4n) is 2.83. The molecule has 0 atom stereocenters. The molecule has 0 aromatic heterocycles. The van der Waals surface area contributed by atoms with Crippen LogP contribution in [0, 0.1) is 0 Å². The van der Waals surface area contributed by atoms with E-state index in [1.165, 1.54) is 37.7 Å². The van der Waals surface area contributed by atoms with E-state index in [0.29, 0.717) is 6.42 Å². The highest BCUT2D eigenvalue weighted by Gasteiger charge is 2.13. The maximum atomic E-state index is 11.9. The van der Waals surface area contributed by atoms with Crippen LogP contribution >= 0.6 is 11.8 Å². The van der Waals surface area contributed by atoms with Crippen LogP contribution in [0.4, 0.5) is 5.69 Å². The number of carbonyl (C=O) groups excluding carboxylic acids is 1. The fraction of sp³-hybridized carbons (Fsp3) is 0.611. The van der Waals surface area contributed by atoms with Crippen molar-refractivity contribution in [3.05, 3.63) is 29.8 Å². The molecule has 1 fully saturated rings. The average Bonchev–Trinajstić information content (AvgIpc) is 2.54. The van der Waals surface area contributed by atoms with Crippen LogP contribution in [-0.2, 0) is 10.5 Å². The molecule has 22 heavy (non-hydrogen) atoms. The van der Waals surface area contributed by atoms with Crippen LogP contribution in [0.5, 0.6) is 0 Å². The van der Waals surface area contributed by atoms with E-state index in [0.717, 1.165) is 29.7 Å². The zero-order chi connectivity index (χ0) is 15.6. The smallest absolute Gasteiger partial charge is 0.224 e. The number of anilines is 1. The second-order valence-corrected chi connectivity index (χ2v) is 7.32. The van der Waals surface area contributed by atoms with Gasteiger partial charge in [-0.3, -0.25) is 4.79 Å². The topological polar surface area (TPSA) is 41.1 Å². The van der Waals surface area contributed by atoms with Gasteiger partial charge in [0.05, 0.1) is 0 Å². The Morgan fingerprint density at radius 1 is 1.27 bits per heavy atom. The van der Waals surface area contributed by atoms with Crippen molar-refractivity contribution in [2.24, 2.45) is 0 Å². The quantitative estimate of drug-likeness (QED) is 0.706. The summed E-state index contributed by atoms with van der Waals surface area (Å²) in [7, 11) is 1.91. The number of rotatable bonds is 8. The summed E-state index contributed by atoms with van der Waals surface area (Å²) in [5, 5.41) is 6.89. The molecule has 3 nitrogen and oxygen atoms in total. The second kappa shape index (κ2) is 9.90. The highest BCUT2D eigenvalue weighted by molar-refractivity contribution is 7.99. The minimum absolute atomic E-state index is 0.104. The molecule has 4 heteroatoms. The summed E-state index contributed by atoms with van der Waals surface area (Å²) in [4.78, 5) is 11.9. The Hall–Kier alpha value is -1.00. The van der Waals surface area contributed by atoms with Gasteiger partial charge in [-0.1, -0.05) is 31.4 Å². The minimum atomic E-state index is 0.104. The van der Waals surface area contributed by atoms with Gasteiger partial charge in [0.1, 0.15) is 0 Å². The Balaban J connectivity index is 1.77. The summed E-state index contributed by atoms with van der Waals surface area (Å²) in [5.74, 6) is 1.15. The molecule has 122 valence electrons. The molecule has 0 aliphatic heterocycles. The minimum Gasteiger partial charge on any atom is -0.326 e. The van der Waals surface area contributed by atoms with Crippen LogP contribution in [0.3, 0.4) is 0 Å². The Morgan fingerprint density at radius 2 is 2.09 bits per heavy atom. The van der Waals surface area contributed by atoms with Gasteiger partial charge in [-0.15, -0.1) is 0 Å². The van der Waals surface area contributed by atoms with E-state index in [4.69, 9.17) is 0 Å². The third-order valence-electron chi connectivity index (χ3n) is 4.08. The molecule has 1 saturated carbocycles. The van der Waals surface area contributed by atoms with Crippen LogP contribution in [0.2, 0.25) is 0 Å². The van der Waals surface area contributed by atoms with Gasteiger partial charge < -0.3 is 10.6 Å². The van der Waals surface area contributed by atoms with Crippen LogP contribution < -0.4 is 10.6 Å². The van der Waals surface area contributed by atoms with Crippen molar-refractivity contribution in [1.29, 1.82) is 0 Å².